The number of hydrogen-bond donors (Lipinski definition) is 1. The summed E-state index contributed by atoms with van der Waals surface area (Å²) in [6, 6.07) is 21.0. The minimum atomic E-state index is -0.434. The molecule has 0 amide bonds. The van der Waals surface area contributed by atoms with Gasteiger partial charge >= 0.3 is 5.97 Å². The maximum atomic E-state index is 11.7. The van der Waals surface area contributed by atoms with E-state index in [9.17, 15) is 4.79 Å². The van der Waals surface area contributed by atoms with Crippen molar-refractivity contribution in [3.63, 3.8) is 0 Å². The molecule has 5 nitrogen and oxygen atoms in total. The van der Waals surface area contributed by atoms with E-state index in [0.717, 1.165) is 38.4 Å². The number of aromatic nitrogens is 2. The molecule has 1 aromatic heterocycles. The van der Waals surface area contributed by atoms with Crippen LogP contribution in [0.2, 0.25) is 10.0 Å². The summed E-state index contributed by atoms with van der Waals surface area (Å²) in [6.45, 7) is 2.36. The number of esters is 1. The zero-order chi connectivity index (χ0) is 25.7. The van der Waals surface area contributed by atoms with Crippen molar-refractivity contribution in [2.75, 3.05) is 12.4 Å². The molecule has 1 atom stereocenters. The van der Waals surface area contributed by atoms with E-state index in [2.05, 4.69) is 25.8 Å². The van der Waals surface area contributed by atoms with Crippen LogP contribution in [0.25, 0.3) is 23.4 Å². The van der Waals surface area contributed by atoms with Gasteiger partial charge in [0.15, 0.2) is 0 Å². The van der Waals surface area contributed by atoms with Crippen molar-refractivity contribution in [3.8, 4) is 11.3 Å². The van der Waals surface area contributed by atoms with Crippen molar-refractivity contribution in [1.82, 2.24) is 9.55 Å². The van der Waals surface area contributed by atoms with Gasteiger partial charge in [-0.15, -0.1) is 0 Å². The summed E-state index contributed by atoms with van der Waals surface area (Å²) in [7, 11) is 1.38. The van der Waals surface area contributed by atoms with Gasteiger partial charge in [-0.2, -0.15) is 0 Å². The first-order valence-electron chi connectivity index (χ1n) is 11.2. The normalized spacial score (nSPS) is 12.0. The molecule has 1 N–H and O–H groups in total. The number of anilines is 1. The van der Waals surface area contributed by atoms with E-state index in [1.807, 2.05) is 72.9 Å². The summed E-state index contributed by atoms with van der Waals surface area (Å²) >= 11 is 16.0. The van der Waals surface area contributed by atoms with Crippen LogP contribution in [0.15, 0.2) is 77.4 Å². The van der Waals surface area contributed by atoms with Crippen LogP contribution in [0.1, 0.15) is 23.9 Å². The Morgan fingerprint density at radius 1 is 1.08 bits per heavy atom. The van der Waals surface area contributed by atoms with Crippen LogP contribution in [0, 0.1) is 0 Å². The number of methoxy groups -OCH3 is 1. The Morgan fingerprint density at radius 3 is 2.47 bits per heavy atom. The van der Waals surface area contributed by atoms with E-state index in [1.165, 1.54) is 7.11 Å². The third-order valence-electron chi connectivity index (χ3n) is 5.55. The highest BCUT2D eigenvalue weighted by molar-refractivity contribution is 9.10. The third-order valence-corrected chi connectivity index (χ3v) is 6.63. The fourth-order valence-corrected chi connectivity index (χ4v) is 4.42. The van der Waals surface area contributed by atoms with Crippen molar-refractivity contribution in [2.45, 2.75) is 19.5 Å². The molecule has 184 valence electrons. The highest BCUT2D eigenvalue weighted by Gasteiger charge is 2.14. The molecule has 0 spiro atoms. The van der Waals surface area contributed by atoms with Crippen LogP contribution in [-0.2, 0) is 16.1 Å². The van der Waals surface area contributed by atoms with Gasteiger partial charge in [0.1, 0.15) is 11.9 Å². The van der Waals surface area contributed by atoms with E-state index in [4.69, 9.17) is 32.9 Å². The smallest absolute Gasteiger partial charge is 0.327 e. The predicted octanol–water partition coefficient (Wildman–Crippen LogP) is 7.81. The van der Waals surface area contributed by atoms with Gasteiger partial charge in [-0.05, 0) is 66.6 Å². The monoisotopic (exact) mass is 583 g/mol. The van der Waals surface area contributed by atoms with Gasteiger partial charge in [0.05, 0.1) is 17.8 Å². The molecule has 4 rings (SSSR count). The largest absolute Gasteiger partial charge is 0.467 e. The zero-order valence-corrected chi connectivity index (χ0v) is 22.8. The highest BCUT2D eigenvalue weighted by Crippen LogP contribution is 2.30. The molecule has 0 saturated carbocycles. The lowest BCUT2D eigenvalue weighted by Gasteiger charge is -2.13. The van der Waals surface area contributed by atoms with Crippen LogP contribution < -0.4 is 5.32 Å². The number of imidazole rings is 1. The summed E-state index contributed by atoms with van der Waals surface area (Å²) in [5.74, 6) is 0.480. The van der Waals surface area contributed by atoms with Gasteiger partial charge in [0.2, 0.25) is 0 Å². The van der Waals surface area contributed by atoms with Gasteiger partial charge in [-0.1, -0.05) is 69.5 Å². The minimum absolute atomic E-state index is 0.312. The van der Waals surface area contributed by atoms with E-state index >= 15 is 0 Å². The van der Waals surface area contributed by atoms with Crippen LogP contribution in [-0.4, -0.2) is 28.7 Å². The molecular weight excluding hydrogens is 561 g/mol. The Kier molecular flexibility index (Phi) is 8.52. The molecule has 0 aliphatic carbocycles. The molecule has 0 saturated heterocycles. The number of nitrogens with one attached hydrogen (secondary N) is 1. The second kappa shape index (κ2) is 11.8. The summed E-state index contributed by atoms with van der Waals surface area (Å²) < 4.78 is 7.88. The van der Waals surface area contributed by atoms with Crippen molar-refractivity contribution < 1.29 is 9.53 Å². The Morgan fingerprint density at radius 2 is 1.81 bits per heavy atom. The van der Waals surface area contributed by atoms with Crippen LogP contribution in [0.4, 0.5) is 5.69 Å². The van der Waals surface area contributed by atoms with E-state index in [0.29, 0.717) is 16.6 Å². The van der Waals surface area contributed by atoms with Crippen LogP contribution in [0.5, 0.6) is 0 Å². The fraction of sp³-hybridized carbons (Fsp3) is 0.143. The molecule has 4 aromatic rings. The van der Waals surface area contributed by atoms with Crippen LogP contribution in [0.3, 0.4) is 0 Å². The van der Waals surface area contributed by atoms with Gasteiger partial charge in [0, 0.05) is 33.5 Å². The number of carbonyl (C=O) groups excluding carboxylic acids is 1. The van der Waals surface area contributed by atoms with Crippen molar-refractivity contribution in [1.29, 1.82) is 0 Å². The van der Waals surface area contributed by atoms with Crippen molar-refractivity contribution >= 4 is 62.9 Å². The highest BCUT2D eigenvalue weighted by atomic mass is 79.9. The maximum absolute atomic E-state index is 11.7. The summed E-state index contributed by atoms with van der Waals surface area (Å²) in [5, 5.41) is 4.26. The lowest BCUT2D eigenvalue weighted by Crippen LogP contribution is -2.27. The van der Waals surface area contributed by atoms with Crippen LogP contribution >= 0.6 is 39.1 Å². The molecule has 36 heavy (non-hydrogen) atoms. The summed E-state index contributed by atoms with van der Waals surface area (Å²) in [4.78, 5) is 16.5. The zero-order valence-electron chi connectivity index (χ0n) is 19.7. The summed E-state index contributed by atoms with van der Waals surface area (Å²) in [6.07, 6.45) is 6.01. The number of nitrogens with zero attached hydrogens (tertiary/aromatic N) is 2. The molecule has 3 aromatic carbocycles. The van der Waals surface area contributed by atoms with E-state index in [1.54, 1.807) is 19.1 Å². The average molecular weight is 585 g/mol. The molecule has 8 heteroatoms. The fourth-order valence-electron chi connectivity index (χ4n) is 3.65. The molecule has 0 fully saturated rings. The second-order valence-electron chi connectivity index (χ2n) is 8.21. The van der Waals surface area contributed by atoms with Gasteiger partial charge in [0.25, 0.3) is 0 Å². The SMILES string of the molecule is COC(=O)C(C)Nc1ccc(Cn2cc(-c3ccc(Cl)cc3Cl)nc2C=Cc2ccc(Br)cc2)cc1. The number of halogens is 3. The molecule has 0 aliphatic rings. The van der Waals surface area contributed by atoms with Crippen molar-refractivity contribution in [3.05, 3.63) is 104 Å². The first kappa shape index (κ1) is 26.0. The Bertz CT molecular complexity index is 1380. The standard InChI is InChI=1S/C28H24BrCl2N3O2/c1-18(28(35)36-2)32-23-11-5-20(6-12-23)16-34-17-26(24-13-10-22(30)15-25(24)31)33-27(34)14-7-19-3-8-21(29)9-4-19/h3-15,17-18,32H,16H2,1-2H3. The van der Waals surface area contributed by atoms with Gasteiger partial charge in [-0.25, -0.2) is 9.78 Å². The lowest BCUT2D eigenvalue weighted by molar-refractivity contribution is -0.141. The number of hydrogen-bond acceptors (Lipinski definition) is 4. The Balaban J connectivity index is 1.62. The number of carbonyl (C=O) groups is 1. The van der Waals surface area contributed by atoms with E-state index in [-0.39, 0.29) is 5.97 Å². The maximum Gasteiger partial charge on any atom is 0.327 e. The first-order valence-corrected chi connectivity index (χ1v) is 12.8. The molecule has 0 aliphatic heterocycles. The molecule has 0 radical (unpaired) electrons. The molecular formula is C28H24BrCl2N3O2. The molecule has 1 unspecified atom stereocenters. The van der Waals surface area contributed by atoms with Gasteiger partial charge in [-0.3, -0.25) is 0 Å². The molecule has 0 bridgehead atoms. The quantitative estimate of drug-likeness (QED) is 0.215. The average Bonchev–Trinajstić information content (AvgIpc) is 3.26. The Labute approximate surface area is 228 Å². The predicted molar refractivity (Wildman–Crippen MR) is 151 cm³/mol. The van der Waals surface area contributed by atoms with Crippen molar-refractivity contribution in [2.24, 2.45) is 0 Å². The van der Waals surface area contributed by atoms with E-state index < -0.39 is 6.04 Å². The first-order chi connectivity index (χ1) is 17.3. The Hall–Kier alpha value is -3.06. The summed E-state index contributed by atoms with van der Waals surface area (Å²) in [5.41, 5.74) is 4.56. The minimum Gasteiger partial charge on any atom is -0.467 e. The number of benzene rings is 3. The number of ether oxygens (including phenoxy) is 1. The number of rotatable bonds is 8. The van der Waals surface area contributed by atoms with Gasteiger partial charge < -0.3 is 14.6 Å². The third kappa shape index (κ3) is 6.58. The lowest BCUT2D eigenvalue weighted by atomic mass is 10.1. The second-order valence-corrected chi connectivity index (χ2v) is 9.97. The molecule has 1 heterocycles. The topological polar surface area (TPSA) is 56.1 Å².